The average Bonchev–Trinajstić information content (AvgIpc) is 3.01. The Hall–Kier alpha value is -2.37. The minimum absolute atomic E-state index is 0.00786. The lowest BCUT2D eigenvalue weighted by molar-refractivity contribution is -0.134. The zero-order valence-corrected chi connectivity index (χ0v) is 13.5. The molecule has 1 atom stereocenters. The molecular weight excluding hydrogens is 294 g/mol. The minimum Gasteiger partial charge on any atom is -0.484 e. The second-order valence-corrected chi connectivity index (χ2v) is 5.96. The van der Waals surface area contributed by atoms with Gasteiger partial charge in [-0.2, -0.15) is 4.98 Å². The summed E-state index contributed by atoms with van der Waals surface area (Å²) >= 11 is 0. The van der Waals surface area contributed by atoms with Crippen LogP contribution in [0.4, 0.5) is 0 Å². The number of hydrogen-bond donors (Lipinski definition) is 0. The third-order valence-electron chi connectivity index (χ3n) is 4.05. The van der Waals surface area contributed by atoms with E-state index < -0.39 is 0 Å². The Balaban J connectivity index is 1.55. The first-order chi connectivity index (χ1) is 11.1. The molecule has 3 rings (SSSR count). The highest BCUT2D eigenvalue weighted by molar-refractivity contribution is 5.78. The van der Waals surface area contributed by atoms with Crippen LogP contribution in [0.1, 0.15) is 36.0 Å². The van der Waals surface area contributed by atoms with E-state index in [1.54, 1.807) is 6.92 Å². The molecule has 1 amide bonds. The van der Waals surface area contributed by atoms with Crippen LogP contribution in [0.3, 0.4) is 0 Å². The summed E-state index contributed by atoms with van der Waals surface area (Å²) in [5.74, 6) is 2.08. The van der Waals surface area contributed by atoms with Crippen molar-refractivity contribution in [3.8, 4) is 5.75 Å². The predicted octanol–water partition coefficient (Wildman–Crippen LogP) is 2.47. The van der Waals surface area contributed by atoms with Gasteiger partial charge in [0.2, 0.25) is 5.89 Å². The summed E-state index contributed by atoms with van der Waals surface area (Å²) in [4.78, 5) is 18.5. The van der Waals surface area contributed by atoms with Crippen LogP contribution in [-0.2, 0) is 4.79 Å². The van der Waals surface area contributed by atoms with Gasteiger partial charge in [0.05, 0.1) is 5.92 Å². The van der Waals surface area contributed by atoms with Crippen molar-refractivity contribution in [2.24, 2.45) is 0 Å². The Morgan fingerprint density at radius 1 is 1.35 bits per heavy atom. The van der Waals surface area contributed by atoms with Gasteiger partial charge < -0.3 is 14.2 Å². The van der Waals surface area contributed by atoms with Gasteiger partial charge in [0.15, 0.2) is 12.4 Å². The first kappa shape index (κ1) is 15.5. The molecule has 0 spiro atoms. The van der Waals surface area contributed by atoms with Crippen molar-refractivity contribution in [3.05, 3.63) is 41.5 Å². The summed E-state index contributed by atoms with van der Waals surface area (Å²) in [7, 11) is 0. The molecule has 1 aromatic carbocycles. The monoisotopic (exact) mass is 315 g/mol. The summed E-state index contributed by atoms with van der Waals surface area (Å²) in [5.41, 5.74) is 1.16. The van der Waals surface area contributed by atoms with Crippen LogP contribution in [0.2, 0.25) is 0 Å². The average molecular weight is 315 g/mol. The number of carbonyl (C=O) groups excluding carboxylic acids is 1. The molecule has 0 unspecified atom stereocenters. The van der Waals surface area contributed by atoms with E-state index in [9.17, 15) is 4.79 Å². The second kappa shape index (κ2) is 6.81. The van der Waals surface area contributed by atoms with E-state index in [4.69, 9.17) is 9.26 Å². The molecule has 1 fully saturated rings. The van der Waals surface area contributed by atoms with Crippen LogP contribution in [0.25, 0.3) is 0 Å². The van der Waals surface area contributed by atoms with Crippen LogP contribution in [0.15, 0.2) is 28.8 Å². The van der Waals surface area contributed by atoms with Crippen LogP contribution < -0.4 is 4.74 Å². The Kier molecular flexibility index (Phi) is 4.60. The molecule has 122 valence electrons. The quantitative estimate of drug-likeness (QED) is 0.867. The van der Waals surface area contributed by atoms with Gasteiger partial charge in [0.25, 0.3) is 5.91 Å². The zero-order chi connectivity index (χ0) is 16.2. The van der Waals surface area contributed by atoms with Gasteiger partial charge in [-0.1, -0.05) is 22.9 Å². The maximum Gasteiger partial charge on any atom is 0.260 e. The molecular formula is C17H21N3O3. The summed E-state index contributed by atoms with van der Waals surface area (Å²) in [5, 5.41) is 3.83. The molecule has 0 aliphatic carbocycles. The molecule has 1 aromatic heterocycles. The third kappa shape index (κ3) is 3.88. The van der Waals surface area contributed by atoms with E-state index in [0.29, 0.717) is 24.0 Å². The van der Waals surface area contributed by atoms with E-state index in [1.165, 1.54) is 0 Å². The fraction of sp³-hybridized carbons (Fsp3) is 0.471. The number of carbonyl (C=O) groups is 1. The molecule has 2 aromatic rings. The van der Waals surface area contributed by atoms with E-state index in [1.807, 2.05) is 36.1 Å². The molecule has 0 saturated carbocycles. The highest BCUT2D eigenvalue weighted by Crippen LogP contribution is 2.25. The largest absolute Gasteiger partial charge is 0.484 e. The molecule has 6 nitrogen and oxygen atoms in total. The van der Waals surface area contributed by atoms with E-state index in [2.05, 4.69) is 10.1 Å². The molecule has 1 aliphatic heterocycles. The lowest BCUT2D eigenvalue weighted by Crippen LogP contribution is -2.41. The first-order valence-electron chi connectivity index (χ1n) is 7.89. The molecule has 23 heavy (non-hydrogen) atoms. The number of piperidine rings is 1. The van der Waals surface area contributed by atoms with Crippen molar-refractivity contribution >= 4 is 5.91 Å². The second-order valence-electron chi connectivity index (χ2n) is 5.96. The van der Waals surface area contributed by atoms with Gasteiger partial charge in [0.1, 0.15) is 5.75 Å². The van der Waals surface area contributed by atoms with Crippen LogP contribution in [0, 0.1) is 13.8 Å². The number of ether oxygens (including phenoxy) is 1. The SMILES string of the molecule is Cc1ccc(OCC(=O)N2CCC[C@@H](c3nc(C)no3)C2)cc1. The number of nitrogens with zero attached hydrogens (tertiary/aromatic N) is 3. The number of hydrogen-bond acceptors (Lipinski definition) is 5. The molecule has 0 N–H and O–H groups in total. The highest BCUT2D eigenvalue weighted by Gasteiger charge is 2.28. The van der Waals surface area contributed by atoms with Crippen molar-refractivity contribution in [2.45, 2.75) is 32.6 Å². The maximum absolute atomic E-state index is 12.4. The van der Waals surface area contributed by atoms with Crippen molar-refractivity contribution in [2.75, 3.05) is 19.7 Å². The Morgan fingerprint density at radius 2 is 2.13 bits per heavy atom. The number of aromatic nitrogens is 2. The van der Waals surface area contributed by atoms with E-state index in [0.717, 1.165) is 24.9 Å². The normalized spacial score (nSPS) is 18.0. The van der Waals surface area contributed by atoms with Gasteiger partial charge in [0, 0.05) is 13.1 Å². The van der Waals surface area contributed by atoms with Crippen LogP contribution in [-0.4, -0.2) is 40.6 Å². The maximum atomic E-state index is 12.4. The van der Waals surface area contributed by atoms with Crippen molar-refractivity contribution < 1.29 is 14.1 Å². The predicted molar refractivity (Wildman–Crippen MR) is 84.3 cm³/mol. The van der Waals surface area contributed by atoms with Gasteiger partial charge >= 0.3 is 0 Å². The Morgan fingerprint density at radius 3 is 2.83 bits per heavy atom. The standard InChI is InChI=1S/C17H21N3O3/c1-12-5-7-15(8-6-12)22-11-16(21)20-9-3-4-14(10-20)17-18-13(2)19-23-17/h5-8,14H,3-4,9-11H2,1-2H3/t14-/m1/s1. The smallest absolute Gasteiger partial charge is 0.260 e. The Labute approximate surface area is 135 Å². The number of likely N-dealkylation sites (tertiary alicyclic amines) is 1. The number of aryl methyl sites for hydroxylation is 2. The van der Waals surface area contributed by atoms with Gasteiger partial charge in [-0.05, 0) is 38.8 Å². The molecule has 1 saturated heterocycles. The zero-order valence-electron chi connectivity index (χ0n) is 13.5. The lowest BCUT2D eigenvalue weighted by Gasteiger charge is -2.30. The van der Waals surface area contributed by atoms with E-state index >= 15 is 0 Å². The molecule has 0 radical (unpaired) electrons. The van der Waals surface area contributed by atoms with Crippen molar-refractivity contribution in [1.29, 1.82) is 0 Å². The summed E-state index contributed by atoms with van der Waals surface area (Å²) < 4.78 is 10.8. The van der Waals surface area contributed by atoms with Gasteiger partial charge in [-0.25, -0.2) is 0 Å². The van der Waals surface area contributed by atoms with Crippen molar-refractivity contribution in [1.82, 2.24) is 15.0 Å². The highest BCUT2D eigenvalue weighted by atomic mass is 16.5. The molecule has 1 aliphatic rings. The Bertz CT molecular complexity index is 666. The molecule has 2 heterocycles. The first-order valence-corrected chi connectivity index (χ1v) is 7.89. The summed E-state index contributed by atoms with van der Waals surface area (Å²) in [6.45, 7) is 5.23. The molecule has 0 bridgehead atoms. The van der Waals surface area contributed by atoms with Crippen LogP contribution >= 0.6 is 0 Å². The van der Waals surface area contributed by atoms with Gasteiger partial charge in [-0.3, -0.25) is 4.79 Å². The summed E-state index contributed by atoms with van der Waals surface area (Å²) in [6, 6.07) is 7.69. The summed E-state index contributed by atoms with van der Waals surface area (Å²) in [6.07, 6.45) is 1.90. The number of amides is 1. The number of benzene rings is 1. The number of rotatable bonds is 4. The molecule has 6 heteroatoms. The fourth-order valence-corrected chi connectivity index (χ4v) is 2.76. The minimum atomic E-state index is -0.00786. The topological polar surface area (TPSA) is 68.5 Å². The van der Waals surface area contributed by atoms with E-state index in [-0.39, 0.29) is 18.4 Å². The van der Waals surface area contributed by atoms with Gasteiger partial charge in [-0.15, -0.1) is 0 Å². The van der Waals surface area contributed by atoms with Crippen LogP contribution in [0.5, 0.6) is 5.75 Å². The lowest BCUT2D eigenvalue weighted by atomic mass is 9.98. The fourth-order valence-electron chi connectivity index (χ4n) is 2.76. The van der Waals surface area contributed by atoms with Crippen molar-refractivity contribution in [3.63, 3.8) is 0 Å². The third-order valence-corrected chi connectivity index (χ3v) is 4.05.